The van der Waals surface area contributed by atoms with Crippen LogP contribution in [0.2, 0.25) is 0 Å². The van der Waals surface area contributed by atoms with Gasteiger partial charge in [0, 0.05) is 24.3 Å². The van der Waals surface area contributed by atoms with Crippen LogP contribution >= 0.6 is 12.6 Å². The van der Waals surface area contributed by atoms with Crippen molar-refractivity contribution in [1.82, 2.24) is 9.97 Å². The quantitative estimate of drug-likeness (QED) is 0.330. The van der Waals surface area contributed by atoms with Crippen molar-refractivity contribution in [2.45, 2.75) is 19.9 Å². The number of benzene rings is 2. The number of halogens is 1. The fourth-order valence-electron chi connectivity index (χ4n) is 3.99. The molecule has 3 aromatic rings. The number of fused-ring (bicyclic) bond motifs is 1. The number of hydrogen-bond acceptors (Lipinski definition) is 8. The topological polar surface area (TPSA) is 67.8 Å². The summed E-state index contributed by atoms with van der Waals surface area (Å²) in [4.78, 5) is 26.0. The maximum absolute atomic E-state index is 14.3. The number of hydrogen-bond donors (Lipinski definition) is 1. The van der Waals surface area contributed by atoms with Crippen LogP contribution in [0.25, 0.3) is 11.0 Å². The summed E-state index contributed by atoms with van der Waals surface area (Å²) in [6.45, 7) is 6.44. The van der Waals surface area contributed by atoms with Gasteiger partial charge in [-0.05, 0) is 43.7 Å². The van der Waals surface area contributed by atoms with Crippen molar-refractivity contribution in [2.24, 2.45) is 0 Å². The zero-order valence-corrected chi connectivity index (χ0v) is 19.8. The number of esters is 1. The highest BCUT2D eigenvalue weighted by Crippen LogP contribution is 2.33. The summed E-state index contributed by atoms with van der Waals surface area (Å²) in [6, 6.07) is 8.29. The zero-order chi connectivity index (χ0) is 23.5. The summed E-state index contributed by atoms with van der Waals surface area (Å²) in [5, 5.41) is 0. The minimum absolute atomic E-state index is 0.272. The van der Waals surface area contributed by atoms with Gasteiger partial charge in [-0.2, -0.15) is 12.6 Å². The van der Waals surface area contributed by atoms with Crippen LogP contribution in [0.15, 0.2) is 36.5 Å². The van der Waals surface area contributed by atoms with Gasteiger partial charge in [-0.3, -0.25) is 4.98 Å². The first-order chi connectivity index (χ1) is 15.9. The van der Waals surface area contributed by atoms with Gasteiger partial charge in [0.05, 0.1) is 55.0 Å². The first-order valence-corrected chi connectivity index (χ1v) is 11.4. The summed E-state index contributed by atoms with van der Waals surface area (Å²) >= 11 is 4.51. The van der Waals surface area contributed by atoms with Crippen molar-refractivity contribution in [3.8, 4) is 0 Å². The second kappa shape index (κ2) is 9.93. The molecule has 1 atom stereocenters. The van der Waals surface area contributed by atoms with Crippen molar-refractivity contribution < 1.29 is 18.7 Å². The number of anilines is 2. The standard InChI is InChI=1S/C24H27FN4O3S/c1-15-4-5-18(12-20(15)25)29(14-33)16(2)19-10-17(24(30)31-3)11-21-23(19)27-22(13-26-21)28-6-8-32-9-7-28/h4-5,10-13,16,33H,6-9,14H2,1-3H3. The molecule has 0 saturated carbocycles. The van der Waals surface area contributed by atoms with Gasteiger partial charge >= 0.3 is 5.97 Å². The van der Waals surface area contributed by atoms with E-state index >= 15 is 0 Å². The van der Waals surface area contributed by atoms with E-state index in [9.17, 15) is 9.18 Å². The number of nitrogens with zero attached hydrogens (tertiary/aromatic N) is 4. The highest BCUT2D eigenvalue weighted by Gasteiger charge is 2.23. The van der Waals surface area contributed by atoms with E-state index in [1.54, 1.807) is 31.3 Å². The Hall–Kier alpha value is -2.91. The van der Waals surface area contributed by atoms with Crippen LogP contribution in [-0.4, -0.2) is 55.2 Å². The van der Waals surface area contributed by atoms with Crippen LogP contribution < -0.4 is 9.80 Å². The summed E-state index contributed by atoms with van der Waals surface area (Å²) in [6.07, 6.45) is 1.72. The average Bonchev–Trinajstić information content (AvgIpc) is 2.85. The Morgan fingerprint density at radius 2 is 2.06 bits per heavy atom. The maximum atomic E-state index is 14.3. The van der Waals surface area contributed by atoms with Crippen LogP contribution in [0.4, 0.5) is 15.9 Å². The summed E-state index contributed by atoms with van der Waals surface area (Å²) in [5.74, 6) is 0.352. The molecule has 33 heavy (non-hydrogen) atoms. The average molecular weight is 471 g/mol. The van der Waals surface area contributed by atoms with Gasteiger partial charge in [0.1, 0.15) is 11.6 Å². The highest BCUT2D eigenvalue weighted by molar-refractivity contribution is 7.80. The van der Waals surface area contributed by atoms with E-state index in [1.807, 2.05) is 17.9 Å². The molecule has 2 aromatic carbocycles. The van der Waals surface area contributed by atoms with E-state index in [1.165, 1.54) is 13.2 Å². The first-order valence-electron chi connectivity index (χ1n) is 10.8. The number of aryl methyl sites for hydroxylation is 1. The smallest absolute Gasteiger partial charge is 0.337 e. The van der Waals surface area contributed by atoms with Gasteiger partial charge in [0.2, 0.25) is 0 Å². The second-order valence-corrected chi connectivity index (χ2v) is 8.26. The molecule has 0 amide bonds. The van der Waals surface area contributed by atoms with Gasteiger partial charge in [-0.1, -0.05) is 6.07 Å². The first kappa shape index (κ1) is 23.3. The summed E-state index contributed by atoms with van der Waals surface area (Å²) < 4.78 is 24.7. The van der Waals surface area contributed by atoms with Crippen molar-refractivity contribution in [1.29, 1.82) is 0 Å². The highest BCUT2D eigenvalue weighted by atomic mass is 32.1. The molecule has 0 bridgehead atoms. The molecule has 9 heteroatoms. The molecule has 2 heterocycles. The van der Waals surface area contributed by atoms with E-state index in [-0.39, 0.29) is 11.9 Å². The Balaban J connectivity index is 1.84. The Morgan fingerprint density at radius 1 is 1.30 bits per heavy atom. The number of thiol groups is 1. The lowest BCUT2D eigenvalue weighted by molar-refractivity contribution is 0.0600. The zero-order valence-electron chi connectivity index (χ0n) is 18.9. The molecule has 1 aliphatic rings. The third-order valence-electron chi connectivity index (χ3n) is 5.98. The van der Waals surface area contributed by atoms with E-state index in [4.69, 9.17) is 14.5 Å². The molecular weight excluding hydrogens is 443 g/mol. The Labute approximate surface area is 197 Å². The maximum Gasteiger partial charge on any atom is 0.337 e. The van der Waals surface area contributed by atoms with Crippen molar-refractivity contribution in [3.63, 3.8) is 0 Å². The molecule has 1 fully saturated rings. The van der Waals surface area contributed by atoms with Gasteiger partial charge in [-0.25, -0.2) is 14.2 Å². The number of carbonyl (C=O) groups is 1. The molecule has 1 saturated heterocycles. The Kier molecular flexibility index (Phi) is 6.99. The fourth-order valence-corrected chi connectivity index (χ4v) is 4.40. The molecule has 0 radical (unpaired) electrons. The molecule has 1 aliphatic heterocycles. The number of ether oxygens (including phenoxy) is 2. The van der Waals surface area contributed by atoms with E-state index in [0.717, 1.165) is 24.5 Å². The lowest BCUT2D eigenvalue weighted by atomic mass is 10.0. The normalized spacial score (nSPS) is 14.9. The van der Waals surface area contributed by atoms with Crippen LogP contribution in [0.3, 0.4) is 0 Å². The number of carbonyl (C=O) groups excluding carboxylic acids is 1. The van der Waals surface area contributed by atoms with Gasteiger partial charge in [-0.15, -0.1) is 0 Å². The third kappa shape index (κ3) is 4.74. The van der Waals surface area contributed by atoms with Crippen LogP contribution in [0.1, 0.15) is 34.5 Å². The summed E-state index contributed by atoms with van der Waals surface area (Å²) in [7, 11) is 1.35. The molecule has 0 spiro atoms. The van der Waals surface area contributed by atoms with Gasteiger partial charge in [0.25, 0.3) is 0 Å². The van der Waals surface area contributed by atoms with Gasteiger partial charge in [0.15, 0.2) is 0 Å². The largest absolute Gasteiger partial charge is 0.465 e. The summed E-state index contributed by atoms with van der Waals surface area (Å²) in [5.41, 5.74) is 3.70. The minimum atomic E-state index is -0.455. The Bertz CT molecular complexity index is 1170. The predicted molar refractivity (Wildman–Crippen MR) is 130 cm³/mol. The number of morpholine rings is 1. The van der Waals surface area contributed by atoms with Crippen molar-refractivity contribution >= 4 is 41.1 Å². The molecule has 4 rings (SSSR count). The predicted octanol–water partition coefficient (Wildman–Crippen LogP) is 4.16. The second-order valence-electron chi connectivity index (χ2n) is 7.97. The molecule has 174 valence electrons. The third-order valence-corrected chi connectivity index (χ3v) is 6.28. The van der Waals surface area contributed by atoms with E-state index in [2.05, 4.69) is 22.5 Å². The van der Waals surface area contributed by atoms with Crippen LogP contribution in [0.5, 0.6) is 0 Å². The lowest BCUT2D eigenvalue weighted by Gasteiger charge is -2.31. The van der Waals surface area contributed by atoms with E-state index in [0.29, 0.717) is 46.9 Å². The number of aromatic nitrogens is 2. The molecule has 7 nitrogen and oxygen atoms in total. The number of rotatable bonds is 6. The van der Waals surface area contributed by atoms with E-state index < -0.39 is 5.97 Å². The molecule has 1 aromatic heterocycles. The van der Waals surface area contributed by atoms with Crippen molar-refractivity contribution in [3.05, 3.63) is 59.0 Å². The fraction of sp³-hybridized carbons (Fsp3) is 0.375. The van der Waals surface area contributed by atoms with Gasteiger partial charge < -0.3 is 19.3 Å². The minimum Gasteiger partial charge on any atom is -0.465 e. The molecular formula is C24H27FN4O3S. The molecule has 0 N–H and O–H groups in total. The monoisotopic (exact) mass is 470 g/mol. The Morgan fingerprint density at radius 3 is 2.73 bits per heavy atom. The van der Waals surface area contributed by atoms with Crippen LogP contribution in [-0.2, 0) is 9.47 Å². The molecule has 0 aliphatic carbocycles. The lowest BCUT2D eigenvalue weighted by Crippen LogP contribution is -2.36. The van der Waals surface area contributed by atoms with Crippen molar-refractivity contribution in [2.75, 3.05) is 49.1 Å². The molecule has 1 unspecified atom stereocenters. The number of methoxy groups -OCH3 is 1. The van der Waals surface area contributed by atoms with Crippen LogP contribution in [0, 0.1) is 12.7 Å². The SMILES string of the molecule is COC(=O)c1cc(C(C)N(CS)c2ccc(C)c(F)c2)c2nc(N3CCOCC3)cnc2c1.